The summed E-state index contributed by atoms with van der Waals surface area (Å²) in [5.74, 6) is -0.172. The lowest BCUT2D eigenvalue weighted by molar-refractivity contribution is -0.387. The Balaban J connectivity index is 1.82. The van der Waals surface area contributed by atoms with Gasteiger partial charge in [0.25, 0.3) is 35.9 Å². The summed E-state index contributed by atoms with van der Waals surface area (Å²) in [6.07, 6.45) is 4.52. The molecule has 0 aliphatic rings. The van der Waals surface area contributed by atoms with Gasteiger partial charge in [-0.2, -0.15) is 21.1 Å². The molecule has 0 fully saturated rings. The molecule has 0 bridgehead atoms. The average molecular weight is 656 g/mol. The van der Waals surface area contributed by atoms with Gasteiger partial charge in [0.05, 0.1) is 42.9 Å². The van der Waals surface area contributed by atoms with Crippen molar-refractivity contribution in [1.29, 1.82) is 0 Å². The second-order valence-corrected chi connectivity index (χ2v) is 15.0. The van der Waals surface area contributed by atoms with Crippen LogP contribution < -0.4 is 0 Å². The number of pyridine rings is 1. The summed E-state index contributed by atoms with van der Waals surface area (Å²) >= 11 is 0. The monoisotopic (exact) mass is 655 g/mol. The Kier molecular flexibility index (Phi) is 11.9. The first-order chi connectivity index (χ1) is 20.1. The molecule has 0 spiro atoms. The minimum Gasteiger partial charge on any atom is -0.270 e. The third-order valence-electron chi connectivity index (χ3n) is 6.30. The Morgan fingerprint density at radius 1 is 0.791 bits per heavy atom. The van der Waals surface area contributed by atoms with Gasteiger partial charge in [-0.3, -0.25) is 23.5 Å². The first-order valence-corrected chi connectivity index (χ1v) is 18.1. The number of hydrogen-bond acceptors (Lipinski definition) is 11. The Bertz CT molecular complexity index is 1660. The summed E-state index contributed by atoms with van der Waals surface area (Å²) in [7, 11) is -11.6. The maximum absolute atomic E-state index is 13.7. The van der Waals surface area contributed by atoms with Crippen LogP contribution in [0, 0.1) is 16.0 Å². The lowest BCUT2D eigenvalue weighted by Crippen LogP contribution is -2.31. The predicted octanol–water partition coefficient (Wildman–Crippen LogP) is 3.27. The van der Waals surface area contributed by atoms with Crippen molar-refractivity contribution < 1.29 is 38.5 Å². The molecule has 3 rings (SSSR count). The molecule has 1 heterocycles. The van der Waals surface area contributed by atoms with Gasteiger partial charge in [0, 0.05) is 18.8 Å². The van der Waals surface area contributed by atoms with E-state index < -0.39 is 45.8 Å². The largest absolute Gasteiger partial charge is 0.289 e. The molecule has 0 saturated carbocycles. The zero-order valence-electron chi connectivity index (χ0n) is 23.6. The number of rotatable bonds is 17. The van der Waals surface area contributed by atoms with Crippen LogP contribution in [0.2, 0.25) is 0 Å². The zero-order valence-corrected chi connectivity index (χ0v) is 26.1. The van der Waals surface area contributed by atoms with Crippen molar-refractivity contribution in [2.45, 2.75) is 37.2 Å². The van der Waals surface area contributed by atoms with Gasteiger partial charge in [-0.1, -0.05) is 42.5 Å². The number of hydrogen-bond donors (Lipinski definition) is 0. The van der Waals surface area contributed by atoms with E-state index >= 15 is 0 Å². The number of nitro benzene ring substituents is 1. The first kappa shape index (κ1) is 34.2. The highest BCUT2D eigenvalue weighted by atomic mass is 32.2. The third-order valence-corrected chi connectivity index (χ3v) is 9.33. The molecule has 0 N–H and O–H groups in total. The Hall–Kier alpha value is -3.28. The zero-order chi connectivity index (χ0) is 31.7. The Morgan fingerprint density at radius 2 is 1.35 bits per heavy atom. The summed E-state index contributed by atoms with van der Waals surface area (Å²) in [5, 5.41) is 11.6. The van der Waals surface area contributed by atoms with Crippen molar-refractivity contribution in [3.8, 4) is 0 Å². The highest BCUT2D eigenvalue weighted by molar-refractivity contribution is 7.89. The van der Waals surface area contributed by atoms with Crippen molar-refractivity contribution in [2.75, 3.05) is 25.7 Å². The molecule has 234 valence electrons. The van der Waals surface area contributed by atoms with Gasteiger partial charge >= 0.3 is 0 Å². The summed E-state index contributed by atoms with van der Waals surface area (Å²) in [6.45, 7) is -0.377. The first-order valence-electron chi connectivity index (χ1n) is 13.0. The minimum atomic E-state index is -4.32. The van der Waals surface area contributed by atoms with Crippen LogP contribution in [-0.2, 0) is 58.1 Å². The molecule has 0 aliphatic carbocycles. The van der Waals surface area contributed by atoms with E-state index in [0.717, 1.165) is 28.4 Å². The maximum atomic E-state index is 13.7. The number of para-hydroxylation sites is 1. The lowest BCUT2D eigenvalue weighted by atomic mass is 9.93. The van der Waals surface area contributed by atoms with Crippen LogP contribution in [0.1, 0.15) is 29.7 Å². The SMILES string of the molecule is CS(=O)(=O)OCCC(CCOS(C)(=O)=O)Cc1ccc(CN(Cc2ccccn2)S(=O)(=O)c2ccccc2[N+](=O)[O-])cc1. The van der Waals surface area contributed by atoms with Crippen molar-refractivity contribution >= 4 is 35.9 Å². The van der Waals surface area contributed by atoms with E-state index in [0.29, 0.717) is 30.5 Å². The summed E-state index contributed by atoms with van der Waals surface area (Å²) in [5.41, 5.74) is 1.37. The van der Waals surface area contributed by atoms with Gasteiger partial charge in [0.2, 0.25) is 0 Å². The van der Waals surface area contributed by atoms with Crippen molar-refractivity contribution in [1.82, 2.24) is 9.29 Å². The molecule has 43 heavy (non-hydrogen) atoms. The van der Waals surface area contributed by atoms with Crippen molar-refractivity contribution in [3.05, 3.63) is 99.9 Å². The quantitative estimate of drug-likeness (QED) is 0.118. The topological polar surface area (TPSA) is 180 Å². The summed E-state index contributed by atoms with van der Waals surface area (Å²) < 4.78 is 83.7. The van der Waals surface area contributed by atoms with E-state index in [4.69, 9.17) is 8.37 Å². The summed E-state index contributed by atoms with van der Waals surface area (Å²) in [6, 6.07) is 17.2. The molecule has 0 atom stereocenters. The molecule has 0 saturated heterocycles. The molecule has 3 aromatic rings. The summed E-state index contributed by atoms with van der Waals surface area (Å²) in [4.78, 5) is 14.6. The minimum absolute atomic E-state index is 0.0770. The molecule has 0 aliphatic heterocycles. The van der Waals surface area contributed by atoms with Crippen LogP contribution in [0.25, 0.3) is 0 Å². The highest BCUT2D eigenvalue weighted by Gasteiger charge is 2.32. The number of nitro groups is 1. The second kappa shape index (κ2) is 14.9. The normalized spacial score (nSPS) is 12.6. The number of benzene rings is 2. The Morgan fingerprint density at radius 3 is 1.88 bits per heavy atom. The van der Waals surface area contributed by atoms with E-state index in [1.165, 1.54) is 24.4 Å². The third kappa shape index (κ3) is 11.4. The van der Waals surface area contributed by atoms with E-state index in [-0.39, 0.29) is 32.2 Å². The van der Waals surface area contributed by atoms with Crippen LogP contribution in [0.3, 0.4) is 0 Å². The average Bonchev–Trinajstić information content (AvgIpc) is 2.92. The fourth-order valence-electron chi connectivity index (χ4n) is 4.26. The predicted molar refractivity (Wildman–Crippen MR) is 158 cm³/mol. The van der Waals surface area contributed by atoms with E-state index in [2.05, 4.69) is 4.98 Å². The molecule has 16 heteroatoms. The number of aromatic nitrogens is 1. The van der Waals surface area contributed by atoms with Crippen molar-refractivity contribution in [3.63, 3.8) is 0 Å². The second-order valence-electron chi connectivity index (χ2n) is 9.84. The standard InChI is InChI=1S/C27H33N3O10S3/c1-41(33,34)39-17-14-23(15-18-40-42(2,35)36)19-22-10-12-24(13-11-22)20-29(21-25-7-5-6-16-28-25)43(37,38)27-9-4-3-8-26(27)30(31)32/h3-13,16,23H,14-15,17-21H2,1-2H3. The molecular weight excluding hydrogens is 623 g/mol. The number of sulfonamides is 1. The van der Waals surface area contributed by atoms with Crippen LogP contribution in [-0.4, -0.2) is 65.2 Å². The fourth-order valence-corrected chi connectivity index (χ4v) is 6.62. The van der Waals surface area contributed by atoms with Crippen molar-refractivity contribution in [2.24, 2.45) is 5.92 Å². The maximum Gasteiger partial charge on any atom is 0.289 e. The smallest absolute Gasteiger partial charge is 0.270 e. The van der Waals surface area contributed by atoms with E-state index in [1.807, 2.05) is 0 Å². The molecule has 2 aromatic carbocycles. The van der Waals surface area contributed by atoms with Gasteiger partial charge < -0.3 is 0 Å². The van der Waals surface area contributed by atoms with Gasteiger partial charge in [0.15, 0.2) is 4.90 Å². The van der Waals surface area contributed by atoms with Crippen LogP contribution in [0.5, 0.6) is 0 Å². The molecule has 0 unspecified atom stereocenters. The number of nitrogens with zero attached hydrogens (tertiary/aromatic N) is 3. The lowest BCUT2D eigenvalue weighted by Gasteiger charge is -2.22. The Labute approximate surface area is 251 Å². The molecule has 1 aromatic heterocycles. The van der Waals surface area contributed by atoms with Gasteiger partial charge in [0.1, 0.15) is 0 Å². The fraction of sp³-hybridized carbons (Fsp3) is 0.370. The highest BCUT2D eigenvalue weighted by Crippen LogP contribution is 2.28. The van der Waals surface area contributed by atoms with Crippen LogP contribution >= 0.6 is 0 Å². The molecule has 13 nitrogen and oxygen atoms in total. The van der Waals surface area contributed by atoms with E-state index in [9.17, 15) is 35.4 Å². The van der Waals surface area contributed by atoms with Crippen LogP contribution in [0.15, 0.2) is 77.8 Å². The van der Waals surface area contributed by atoms with E-state index in [1.54, 1.807) is 42.5 Å². The van der Waals surface area contributed by atoms with Gasteiger partial charge in [-0.15, -0.1) is 0 Å². The van der Waals surface area contributed by atoms with Crippen LogP contribution in [0.4, 0.5) is 5.69 Å². The molecular formula is C27H33N3O10S3. The van der Waals surface area contributed by atoms with Gasteiger partial charge in [-0.25, -0.2) is 8.42 Å². The van der Waals surface area contributed by atoms with Gasteiger partial charge in [-0.05, 0) is 54.5 Å². The molecule has 0 radical (unpaired) electrons. The molecule has 0 amide bonds.